The lowest BCUT2D eigenvalue weighted by Crippen LogP contribution is -2.66. The van der Waals surface area contributed by atoms with Crippen molar-refractivity contribution in [1.29, 1.82) is 0 Å². The molecule has 3 atom stereocenters. The number of hydrogen-bond donors (Lipinski definition) is 1. The molecule has 0 saturated carbocycles. The van der Waals surface area contributed by atoms with Gasteiger partial charge < -0.3 is 19.5 Å². The Labute approximate surface area is 229 Å². The van der Waals surface area contributed by atoms with E-state index in [4.69, 9.17) is 9.47 Å². The van der Waals surface area contributed by atoms with E-state index in [1.54, 1.807) is 67.3 Å². The van der Waals surface area contributed by atoms with Crippen LogP contribution in [0.5, 0.6) is 0 Å². The molecule has 206 valence electrons. The highest BCUT2D eigenvalue weighted by molar-refractivity contribution is 6.33. The number of hydrogen-bond acceptors (Lipinski definition) is 9. The van der Waals surface area contributed by atoms with Gasteiger partial charge in [-0.2, -0.15) is 0 Å². The van der Waals surface area contributed by atoms with Crippen LogP contribution in [-0.4, -0.2) is 70.9 Å². The third-order valence-electron chi connectivity index (χ3n) is 7.55. The fraction of sp³-hybridized carbons (Fsp3) is 0.276. The second-order valence-corrected chi connectivity index (χ2v) is 9.47. The van der Waals surface area contributed by atoms with Crippen LogP contribution in [0.1, 0.15) is 25.5 Å². The molecule has 3 aliphatic heterocycles. The van der Waals surface area contributed by atoms with Crippen LogP contribution in [0.4, 0.5) is 5.69 Å². The normalized spacial score (nSPS) is 24.3. The van der Waals surface area contributed by atoms with E-state index in [0.717, 1.165) is 16.9 Å². The average molecular weight is 546 g/mol. The largest absolute Gasteiger partial charge is 0.466 e. The number of imide groups is 1. The lowest BCUT2D eigenvalue weighted by molar-refractivity contribution is -0.183. The maximum Gasteiger partial charge on any atom is 0.349 e. The Morgan fingerprint density at radius 1 is 0.950 bits per heavy atom. The van der Waals surface area contributed by atoms with E-state index in [0.29, 0.717) is 11.3 Å². The maximum absolute atomic E-state index is 14.4. The number of para-hydroxylation sites is 1. The molecule has 3 amide bonds. The molecule has 11 nitrogen and oxygen atoms in total. The summed E-state index contributed by atoms with van der Waals surface area (Å²) in [6, 6.07) is 15.3. The van der Waals surface area contributed by atoms with Gasteiger partial charge in [0, 0.05) is 12.2 Å². The molecular weight excluding hydrogens is 518 g/mol. The molecule has 0 aliphatic carbocycles. The van der Waals surface area contributed by atoms with Gasteiger partial charge in [-0.25, -0.2) is 14.5 Å². The van der Waals surface area contributed by atoms with Gasteiger partial charge in [0.05, 0.1) is 37.1 Å². The number of methoxy groups -OCH3 is 2. The summed E-state index contributed by atoms with van der Waals surface area (Å²) in [6.07, 6.45) is 0. The maximum atomic E-state index is 14.4. The van der Waals surface area contributed by atoms with Crippen LogP contribution in [0, 0.1) is 5.92 Å². The summed E-state index contributed by atoms with van der Waals surface area (Å²) < 4.78 is 9.91. The van der Waals surface area contributed by atoms with E-state index in [2.05, 4.69) is 0 Å². The van der Waals surface area contributed by atoms with Crippen molar-refractivity contribution in [3.8, 4) is 0 Å². The summed E-state index contributed by atoms with van der Waals surface area (Å²) in [5.74, 6) is -7.00. The van der Waals surface area contributed by atoms with Gasteiger partial charge in [-0.15, -0.1) is 0 Å². The van der Waals surface area contributed by atoms with E-state index in [1.165, 1.54) is 19.2 Å². The number of allylic oxidation sites excluding steroid dienone is 1. The quantitative estimate of drug-likeness (QED) is 0.338. The van der Waals surface area contributed by atoms with Crippen molar-refractivity contribution in [2.75, 3.05) is 25.7 Å². The lowest BCUT2D eigenvalue weighted by atomic mass is 9.76. The van der Waals surface area contributed by atoms with Crippen LogP contribution in [0.2, 0.25) is 0 Å². The van der Waals surface area contributed by atoms with Crippen molar-refractivity contribution in [1.82, 2.24) is 9.80 Å². The van der Waals surface area contributed by atoms with Crippen molar-refractivity contribution >= 4 is 35.3 Å². The molecule has 1 N–H and O–H groups in total. The summed E-state index contributed by atoms with van der Waals surface area (Å²) in [5, 5.41) is 11.9. The number of fused-ring (bicyclic) bond motifs is 2. The zero-order valence-corrected chi connectivity index (χ0v) is 22.3. The Morgan fingerprint density at radius 2 is 1.55 bits per heavy atom. The zero-order valence-electron chi connectivity index (χ0n) is 22.3. The van der Waals surface area contributed by atoms with Crippen LogP contribution in [0.15, 0.2) is 83.3 Å². The number of nitrogens with zero attached hydrogens (tertiary/aromatic N) is 3. The molecule has 40 heavy (non-hydrogen) atoms. The van der Waals surface area contributed by atoms with Crippen LogP contribution < -0.4 is 4.90 Å². The number of rotatable bonds is 5. The van der Waals surface area contributed by atoms with E-state index in [9.17, 15) is 29.1 Å². The molecule has 5 rings (SSSR count). The predicted octanol–water partition coefficient (Wildman–Crippen LogP) is 1.66. The molecule has 0 aromatic heterocycles. The summed E-state index contributed by atoms with van der Waals surface area (Å²) in [5.41, 5.74) is -2.25. The van der Waals surface area contributed by atoms with Crippen molar-refractivity contribution in [2.45, 2.75) is 25.5 Å². The molecule has 1 saturated heterocycles. The van der Waals surface area contributed by atoms with Gasteiger partial charge >= 0.3 is 11.9 Å². The number of carbonyl (C=O) groups is 5. The number of esters is 2. The molecule has 0 radical (unpaired) electrons. The Balaban J connectivity index is 1.90. The van der Waals surface area contributed by atoms with Crippen LogP contribution in [0.3, 0.4) is 0 Å². The molecule has 3 aliphatic rings. The Kier molecular flexibility index (Phi) is 6.54. The van der Waals surface area contributed by atoms with Crippen molar-refractivity contribution in [2.24, 2.45) is 5.92 Å². The number of benzene rings is 2. The molecule has 11 heteroatoms. The first-order valence-corrected chi connectivity index (χ1v) is 12.6. The standard InChI is InChI=1S/C29H27N3O8/c1-5-30-16(2)19(26(35)39-3)22(17-12-8-6-9-13-17)32-23(30)20-21(29(38,27(32)36)28(37)40-4)25(34)31(24(20)33)18-14-10-7-11-15-18/h6-15,21-22,38H,5H2,1-4H3/t21-,22-,29+/m0/s1. The minimum atomic E-state index is -3.09. The third-order valence-corrected chi connectivity index (χ3v) is 7.55. The topological polar surface area (TPSA) is 134 Å². The molecule has 3 heterocycles. The van der Waals surface area contributed by atoms with Crippen LogP contribution in [0.25, 0.3) is 0 Å². The first kappa shape index (κ1) is 26.8. The van der Waals surface area contributed by atoms with Crippen molar-refractivity contribution in [3.05, 3.63) is 88.9 Å². The highest BCUT2D eigenvalue weighted by Crippen LogP contribution is 2.52. The summed E-state index contributed by atoms with van der Waals surface area (Å²) in [4.78, 5) is 72.2. The Morgan fingerprint density at radius 3 is 2.10 bits per heavy atom. The highest BCUT2D eigenvalue weighted by atomic mass is 16.5. The predicted molar refractivity (Wildman–Crippen MR) is 140 cm³/mol. The second kappa shape index (κ2) is 9.76. The summed E-state index contributed by atoms with van der Waals surface area (Å²) in [6.45, 7) is 3.56. The Hall–Kier alpha value is -4.77. The van der Waals surface area contributed by atoms with Crippen LogP contribution in [-0.2, 0) is 33.4 Å². The van der Waals surface area contributed by atoms with Gasteiger partial charge in [-0.1, -0.05) is 48.5 Å². The molecule has 1 fully saturated rings. The Bertz CT molecular complexity index is 1500. The molecular formula is C29H27N3O8. The fourth-order valence-corrected chi connectivity index (χ4v) is 5.78. The molecule has 2 aromatic carbocycles. The minimum absolute atomic E-state index is 0.00173. The fourth-order valence-electron chi connectivity index (χ4n) is 5.78. The molecule has 0 bridgehead atoms. The van der Waals surface area contributed by atoms with E-state index in [1.807, 2.05) is 0 Å². The molecule has 0 unspecified atom stereocenters. The van der Waals surface area contributed by atoms with E-state index < -0.39 is 47.2 Å². The number of anilines is 1. The lowest BCUT2D eigenvalue weighted by Gasteiger charge is -2.50. The third kappa shape index (κ3) is 3.51. The average Bonchev–Trinajstić information content (AvgIpc) is 3.24. The minimum Gasteiger partial charge on any atom is -0.466 e. The number of ether oxygens (including phenoxy) is 2. The van der Waals surface area contributed by atoms with Gasteiger partial charge in [0.15, 0.2) is 0 Å². The molecule has 0 spiro atoms. The number of aliphatic hydroxyl groups is 1. The number of carbonyl (C=O) groups excluding carboxylic acids is 5. The zero-order chi connectivity index (χ0) is 28.9. The first-order chi connectivity index (χ1) is 19.1. The monoisotopic (exact) mass is 545 g/mol. The second-order valence-electron chi connectivity index (χ2n) is 9.47. The summed E-state index contributed by atoms with van der Waals surface area (Å²) in [7, 11) is 2.17. The highest BCUT2D eigenvalue weighted by Gasteiger charge is 2.70. The SMILES string of the molecule is CCN1C(C)=C(C(=O)OC)[C@H](c2ccccc2)N2C(=O)[C@@](O)(C(=O)OC)[C@@H]3C(=O)N(c4ccccc4)C(=O)C3=C12. The van der Waals surface area contributed by atoms with E-state index in [-0.39, 0.29) is 29.2 Å². The van der Waals surface area contributed by atoms with Crippen molar-refractivity contribution in [3.63, 3.8) is 0 Å². The van der Waals surface area contributed by atoms with Gasteiger partial charge in [0.25, 0.3) is 17.4 Å². The van der Waals surface area contributed by atoms with Gasteiger partial charge in [-0.05, 0) is 31.5 Å². The smallest absolute Gasteiger partial charge is 0.349 e. The first-order valence-electron chi connectivity index (χ1n) is 12.6. The van der Waals surface area contributed by atoms with Gasteiger partial charge in [0.1, 0.15) is 11.7 Å². The van der Waals surface area contributed by atoms with Gasteiger partial charge in [-0.3, -0.25) is 19.3 Å². The van der Waals surface area contributed by atoms with Gasteiger partial charge in [0.2, 0.25) is 5.91 Å². The number of amides is 3. The summed E-state index contributed by atoms with van der Waals surface area (Å²) >= 11 is 0. The molecule has 2 aromatic rings. The van der Waals surface area contributed by atoms with Crippen LogP contribution >= 0.6 is 0 Å². The van der Waals surface area contributed by atoms with E-state index >= 15 is 0 Å². The van der Waals surface area contributed by atoms with Crippen molar-refractivity contribution < 1.29 is 38.6 Å².